The van der Waals surface area contributed by atoms with Gasteiger partial charge in [0.05, 0.1) is 6.61 Å². The Labute approximate surface area is 142 Å². The van der Waals surface area contributed by atoms with Gasteiger partial charge in [-0.3, -0.25) is 9.59 Å². The highest BCUT2D eigenvalue weighted by Crippen LogP contribution is 2.12. The van der Waals surface area contributed by atoms with Crippen molar-refractivity contribution in [1.29, 1.82) is 0 Å². The standard InChI is InChI=1S/C19H22N2O3/c1-21(2)19(23)15-10-12-16(13-11-15)20-18(22)9-6-14-24-17-7-4-3-5-8-17/h3-5,7-8,10-13H,6,9,14H2,1-2H3,(H,20,22). The minimum absolute atomic E-state index is 0.0639. The van der Waals surface area contributed by atoms with Crippen LogP contribution in [0.2, 0.25) is 0 Å². The first-order valence-electron chi connectivity index (χ1n) is 7.85. The highest BCUT2D eigenvalue weighted by atomic mass is 16.5. The molecule has 0 aliphatic heterocycles. The molecule has 5 nitrogen and oxygen atoms in total. The normalized spacial score (nSPS) is 10.1. The molecule has 2 aromatic carbocycles. The van der Waals surface area contributed by atoms with E-state index in [0.29, 0.717) is 30.7 Å². The molecule has 2 aromatic rings. The predicted molar refractivity (Wildman–Crippen MR) is 94.3 cm³/mol. The molecule has 0 bridgehead atoms. The molecule has 0 unspecified atom stereocenters. The molecular weight excluding hydrogens is 304 g/mol. The van der Waals surface area contributed by atoms with Crippen LogP contribution in [0.1, 0.15) is 23.2 Å². The van der Waals surface area contributed by atoms with E-state index in [2.05, 4.69) is 5.32 Å². The van der Waals surface area contributed by atoms with E-state index in [4.69, 9.17) is 4.74 Å². The molecule has 0 fully saturated rings. The van der Waals surface area contributed by atoms with Crippen molar-refractivity contribution in [3.63, 3.8) is 0 Å². The van der Waals surface area contributed by atoms with Crippen LogP contribution in [-0.2, 0) is 4.79 Å². The van der Waals surface area contributed by atoms with Gasteiger partial charge in [0.1, 0.15) is 5.75 Å². The molecule has 0 aromatic heterocycles. The summed E-state index contributed by atoms with van der Waals surface area (Å²) in [7, 11) is 3.41. The zero-order valence-corrected chi connectivity index (χ0v) is 14.0. The van der Waals surface area contributed by atoms with Gasteiger partial charge in [-0.25, -0.2) is 0 Å². The molecule has 0 radical (unpaired) electrons. The Morgan fingerprint density at radius 3 is 2.29 bits per heavy atom. The number of nitrogens with zero attached hydrogens (tertiary/aromatic N) is 1. The molecule has 0 spiro atoms. The van der Waals surface area contributed by atoms with Crippen LogP contribution in [0.5, 0.6) is 5.75 Å². The van der Waals surface area contributed by atoms with E-state index in [1.807, 2.05) is 30.3 Å². The third-order valence-electron chi connectivity index (χ3n) is 3.38. The molecule has 24 heavy (non-hydrogen) atoms. The van der Waals surface area contributed by atoms with E-state index in [-0.39, 0.29) is 11.8 Å². The van der Waals surface area contributed by atoms with Crippen LogP contribution in [0.15, 0.2) is 54.6 Å². The van der Waals surface area contributed by atoms with Gasteiger partial charge in [0.25, 0.3) is 5.91 Å². The van der Waals surface area contributed by atoms with Crippen molar-refractivity contribution in [2.45, 2.75) is 12.8 Å². The van der Waals surface area contributed by atoms with Gasteiger partial charge in [-0.15, -0.1) is 0 Å². The average Bonchev–Trinajstić information content (AvgIpc) is 2.59. The van der Waals surface area contributed by atoms with Crippen molar-refractivity contribution in [3.8, 4) is 5.75 Å². The second-order valence-corrected chi connectivity index (χ2v) is 5.59. The fourth-order valence-corrected chi connectivity index (χ4v) is 2.12. The smallest absolute Gasteiger partial charge is 0.253 e. The van der Waals surface area contributed by atoms with Gasteiger partial charge in [0.2, 0.25) is 5.91 Å². The van der Waals surface area contributed by atoms with Crippen LogP contribution in [0, 0.1) is 0 Å². The average molecular weight is 326 g/mol. The fraction of sp³-hybridized carbons (Fsp3) is 0.263. The van der Waals surface area contributed by atoms with Crippen LogP contribution in [0.4, 0.5) is 5.69 Å². The van der Waals surface area contributed by atoms with Crippen molar-refractivity contribution in [2.24, 2.45) is 0 Å². The van der Waals surface area contributed by atoms with Crippen LogP contribution >= 0.6 is 0 Å². The number of ether oxygens (including phenoxy) is 1. The quantitative estimate of drug-likeness (QED) is 0.795. The maximum Gasteiger partial charge on any atom is 0.253 e. The van der Waals surface area contributed by atoms with Gasteiger partial charge in [0.15, 0.2) is 0 Å². The SMILES string of the molecule is CN(C)C(=O)c1ccc(NC(=O)CCCOc2ccccc2)cc1. The molecule has 0 aliphatic rings. The van der Waals surface area contributed by atoms with Crippen LogP contribution in [0.25, 0.3) is 0 Å². The van der Waals surface area contributed by atoms with Crippen molar-refractivity contribution < 1.29 is 14.3 Å². The van der Waals surface area contributed by atoms with Crippen LogP contribution in [0.3, 0.4) is 0 Å². The number of para-hydroxylation sites is 1. The molecule has 0 atom stereocenters. The molecule has 2 amide bonds. The summed E-state index contributed by atoms with van der Waals surface area (Å²) in [5.41, 5.74) is 1.27. The zero-order chi connectivity index (χ0) is 17.4. The third-order valence-corrected chi connectivity index (χ3v) is 3.38. The van der Waals surface area contributed by atoms with E-state index >= 15 is 0 Å². The first kappa shape index (κ1) is 17.5. The lowest BCUT2D eigenvalue weighted by Gasteiger charge is -2.11. The highest BCUT2D eigenvalue weighted by Gasteiger charge is 2.08. The lowest BCUT2D eigenvalue weighted by molar-refractivity contribution is -0.116. The Morgan fingerprint density at radius 2 is 1.67 bits per heavy atom. The molecule has 0 saturated heterocycles. The number of benzene rings is 2. The van der Waals surface area contributed by atoms with Gasteiger partial charge < -0.3 is 15.0 Å². The number of nitrogens with one attached hydrogen (secondary N) is 1. The summed E-state index contributed by atoms with van der Waals surface area (Å²) in [6, 6.07) is 16.4. The minimum atomic E-state index is -0.0710. The molecule has 0 heterocycles. The first-order chi connectivity index (χ1) is 11.6. The van der Waals surface area contributed by atoms with E-state index in [9.17, 15) is 9.59 Å². The number of carbonyl (C=O) groups excluding carboxylic acids is 2. The monoisotopic (exact) mass is 326 g/mol. The lowest BCUT2D eigenvalue weighted by atomic mass is 10.2. The van der Waals surface area contributed by atoms with E-state index < -0.39 is 0 Å². The Bertz CT molecular complexity index is 667. The Kier molecular flexibility index (Phi) is 6.37. The topological polar surface area (TPSA) is 58.6 Å². The molecule has 5 heteroatoms. The van der Waals surface area contributed by atoms with Gasteiger partial charge in [-0.1, -0.05) is 18.2 Å². The lowest BCUT2D eigenvalue weighted by Crippen LogP contribution is -2.21. The van der Waals surface area contributed by atoms with Crippen molar-refractivity contribution >= 4 is 17.5 Å². The Balaban J connectivity index is 1.73. The molecule has 126 valence electrons. The van der Waals surface area contributed by atoms with E-state index in [1.54, 1.807) is 38.4 Å². The summed E-state index contributed by atoms with van der Waals surface area (Å²) < 4.78 is 5.55. The summed E-state index contributed by atoms with van der Waals surface area (Å²) in [5.74, 6) is 0.670. The van der Waals surface area contributed by atoms with Crippen LogP contribution < -0.4 is 10.1 Å². The van der Waals surface area contributed by atoms with Gasteiger partial charge >= 0.3 is 0 Å². The number of hydrogen-bond donors (Lipinski definition) is 1. The summed E-state index contributed by atoms with van der Waals surface area (Å²) in [6.45, 7) is 0.494. The predicted octanol–water partition coefficient (Wildman–Crippen LogP) is 3.19. The van der Waals surface area contributed by atoms with Crippen molar-refractivity contribution in [1.82, 2.24) is 4.90 Å². The van der Waals surface area contributed by atoms with Gasteiger partial charge in [-0.2, -0.15) is 0 Å². The number of hydrogen-bond acceptors (Lipinski definition) is 3. The number of amides is 2. The first-order valence-corrected chi connectivity index (χ1v) is 7.85. The fourth-order valence-electron chi connectivity index (χ4n) is 2.12. The van der Waals surface area contributed by atoms with Crippen molar-refractivity contribution in [2.75, 3.05) is 26.0 Å². The summed E-state index contributed by atoms with van der Waals surface area (Å²) >= 11 is 0. The summed E-state index contributed by atoms with van der Waals surface area (Å²) in [5, 5.41) is 2.82. The Hall–Kier alpha value is -2.82. The summed E-state index contributed by atoms with van der Waals surface area (Å²) in [4.78, 5) is 25.2. The number of anilines is 1. The largest absolute Gasteiger partial charge is 0.494 e. The second kappa shape index (κ2) is 8.72. The molecular formula is C19H22N2O3. The van der Waals surface area contributed by atoms with E-state index in [1.165, 1.54) is 4.90 Å². The second-order valence-electron chi connectivity index (χ2n) is 5.59. The van der Waals surface area contributed by atoms with Crippen molar-refractivity contribution in [3.05, 3.63) is 60.2 Å². The molecule has 0 saturated carbocycles. The van der Waals surface area contributed by atoms with Gasteiger partial charge in [0, 0.05) is 31.8 Å². The molecule has 2 rings (SSSR count). The maximum absolute atomic E-state index is 11.9. The van der Waals surface area contributed by atoms with E-state index in [0.717, 1.165) is 5.75 Å². The maximum atomic E-state index is 11.9. The number of carbonyl (C=O) groups is 2. The number of rotatable bonds is 7. The highest BCUT2D eigenvalue weighted by molar-refractivity contribution is 5.95. The summed E-state index contributed by atoms with van der Waals surface area (Å²) in [6.07, 6.45) is 1.02. The Morgan fingerprint density at radius 1 is 1.00 bits per heavy atom. The zero-order valence-electron chi connectivity index (χ0n) is 14.0. The molecule has 0 aliphatic carbocycles. The minimum Gasteiger partial charge on any atom is -0.494 e. The third kappa shape index (κ3) is 5.43. The van der Waals surface area contributed by atoms with Crippen LogP contribution in [-0.4, -0.2) is 37.4 Å². The molecule has 1 N–H and O–H groups in total. The van der Waals surface area contributed by atoms with Gasteiger partial charge in [-0.05, 0) is 42.8 Å².